The second kappa shape index (κ2) is 6.59. The molecule has 5 heteroatoms. The minimum absolute atomic E-state index is 0.0357. The fraction of sp³-hybridized carbons (Fsp3) is 0.833. The van der Waals surface area contributed by atoms with Gasteiger partial charge in [-0.15, -0.1) is 0 Å². The van der Waals surface area contributed by atoms with Crippen molar-refractivity contribution < 1.29 is 9.59 Å². The Morgan fingerprint density at radius 2 is 2.12 bits per heavy atom. The van der Waals surface area contributed by atoms with E-state index in [2.05, 4.69) is 5.32 Å². The number of nitrogens with zero attached hydrogens (tertiary/aromatic N) is 1. The van der Waals surface area contributed by atoms with E-state index in [0.29, 0.717) is 25.4 Å². The first-order valence-electron chi connectivity index (χ1n) is 6.25. The Hall–Kier alpha value is -1.10. The third kappa shape index (κ3) is 3.70. The van der Waals surface area contributed by atoms with Gasteiger partial charge in [-0.1, -0.05) is 6.42 Å². The van der Waals surface area contributed by atoms with Crippen LogP contribution < -0.4 is 11.1 Å². The molecule has 0 aromatic rings. The molecular formula is C12H23N3O2. The van der Waals surface area contributed by atoms with E-state index in [9.17, 15) is 9.59 Å². The normalized spacial score (nSPS) is 23.5. The summed E-state index contributed by atoms with van der Waals surface area (Å²) in [5.41, 5.74) is 5.67. The molecule has 1 fully saturated rings. The van der Waals surface area contributed by atoms with Crippen LogP contribution in [-0.4, -0.2) is 43.9 Å². The summed E-state index contributed by atoms with van der Waals surface area (Å²) in [5.74, 6) is 0.493. The maximum absolute atomic E-state index is 12.2. The monoisotopic (exact) mass is 241 g/mol. The van der Waals surface area contributed by atoms with Crippen molar-refractivity contribution in [2.45, 2.75) is 25.7 Å². The number of hydrogen-bond donors (Lipinski definition) is 2. The first-order valence-corrected chi connectivity index (χ1v) is 6.25. The lowest BCUT2D eigenvalue weighted by Crippen LogP contribution is -2.38. The average molecular weight is 241 g/mol. The zero-order valence-electron chi connectivity index (χ0n) is 10.7. The molecule has 0 bridgehead atoms. The van der Waals surface area contributed by atoms with Crippen molar-refractivity contribution in [1.29, 1.82) is 0 Å². The molecule has 0 heterocycles. The molecule has 0 spiro atoms. The van der Waals surface area contributed by atoms with E-state index in [4.69, 9.17) is 5.73 Å². The highest BCUT2D eigenvalue weighted by molar-refractivity contribution is 5.80. The van der Waals surface area contributed by atoms with Gasteiger partial charge in [0.15, 0.2) is 0 Å². The molecule has 2 atom stereocenters. The fourth-order valence-electron chi connectivity index (χ4n) is 2.43. The van der Waals surface area contributed by atoms with Gasteiger partial charge in [0, 0.05) is 33.0 Å². The number of nitrogens with one attached hydrogen (secondary N) is 1. The molecule has 0 radical (unpaired) electrons. The van der Waals surface area contributed by atoms with Gasteiger partial charge in [0.05, 0.1) is 0 Å². The summed E-state index contributed by atoms with van der Waals surface area (Å²) in [4.78, 5) is 24.9. The van der Waals surface area contributed by atoms with Gasteiger partial charge in [-0.3, -0.25) is 9.59 Å². The fourth-order valence-corrected chi connectivity index (χ4v) is 2.43. The number of amides is 2. The van der Waals surface area contributed by atoms with Crippen LogP contribution in [0.2, 0.25) is 0 Å². The first kappa shape index (κ1) is 14.0. The predicted molar refractivity (Wildman–Crippen MR) is 66.2 cm³/mol. The van der Waals surface area contributed by atoms with Gasteiger partial charge in [0.25, 0.3) is 0 Å². The number of hydrogen-bond acceptors (Lipinski definition) is 3. The summed E-state index contributed by atoms with van der Waals surface area (Å²) < 4.78 is 0. The molecule has 1 rings (SSSR count). The zero-order chi connectivity index (χ0) is 12.8. The van der Waals surface area contributed by atoms with Crippen LogP contribution in [0.15, 0.2) is 0 Å². The van der Waals surface area contributed by atoms with Crippen molar-refractivity contribution in [2.75, 3.05) is 27.2 Å². The van der Waals surface area contributed by atoms with Crippen LogP contribution in [0.3, 0.4) is 0 Å². The van der Waals surface area contributed by atoms with Crippen LogP contribution in [0, 0.1) is 11.8 Å². The van der Waals surface area contributed by atoms with Gasteiger partial charge < -0.3 is 16.0 Å². The smallest absolute Gasteiger partial charge is 0.225 e. The zero-order valence-corrected chi connectivity index (χ0v) is 10.7. The van der Waals surface area contributed by atoms with Crippen LogP contribution in [-0.2, 0) is 9.59 Å². The molecule has 17 heavy (non-hydrogen) atoms. The molecule has 98 valence electrons. The number of rotatable bonds is 5. The molecule has 0 aliphatic heterocycles. The molecule has 1 aliphatic carbocycles. The SMILES string of the molecule is CNC(=O)CCN(C)C(=O)[C@@H]1CCC[C@@H]1CN. The van der Waals surface area contributed by atoms with Crippen molar-refractivity contribution in [1.82, 2.24) is 10.2 Å². The summed E-state index contributed by atoms with van der Waals surface area (Å²) in [6.45, 7) is 1.06. The van der Waals surface area contributed by atoms with E-state index >= 15 is 0 Å². The van der Waals surface area contributed by atoms with Gasteiger partial charge in [-0.25, -0.2) is 0 Å². The Morgan fingerprint density at radius 3 is 2.71 bits per heavy atom. The Labute approximate surface area is 103 Å². The van der Waals surface area contributed by atoms with Crippen molar-refractivity contribution in [3.05, 3.63) is 0 Å². The molecule has 0 aromatic carbocycles. The van der Waals surface area contributed by atoms with Crippen molar-refractivity contribution in [2.24, 2.45) is 17.6 Å². The van der Waals surface area contributed by atoms with E-state index in [-0.39, 0.29) is 17.7 Å². The topological polar surface area (TPSA) is 75.4 Å². The molecule has 0 unspecified atom stereocenters. The minimum Gasteiger partial charge on any atom is -0.359 e. The maximum atomic E-state index is 12.2. The lowest BCUT2D eigenvalue weighted by atomic mass is 9.95. The van der Waals surface area contributed by atoms with Crippen LogP contribution in [0.4, 0.5) is 0 Å². The molecular weight excluding hydrogens is 218 g/mol. The Morgan fingerprint density at radius 1 is 1.41 bits per heavy atom. The van der Waals surface area contributed by atoms with Crippen molar-refractivity contribution in [3.8, 4) is 0 Å². The first-order chi connectivity index (χ1) is 8.10. The van der Waals surface area contributed by atoms with Crippen LogP contribution >= 0.6 is 0 Å². The highest BCUT2D eigenvalue weighted by atomic mass is 16.2. The Balaban J connectivity index is 2.43. The average Bonchev–Trinajstić information content (AvgIpc) is 2.82. The second-order valence-corrected chi connectivity index (χ2v) is 4.72. The van der Waals surface area contributed by atoms with Crippen LogP contribution in [0.1, 0.15) is 25.7 Å². The van der Waals surface area contributed by atoms with E-state index < -0.39 is 0 Å². The van der Waals surface area contributed by atoms with Crippen LogP contribution in [0.5, 0.6) is 0 Å². The van der Waals surface area contributed by atoms with Gasteiger partial charge in [0.2, 0.25) is 11.8 Å². The lowest BCUT2D eigenvalue weighted by Gasteiger charge is -2.24. The van der Waals surface area contributed by atoms with Crippen molar-refractivity contribution >= 4 is 11.8 Å². The van der Waals surface area contributed by atoms with E-state index in [0.717, 1.165) is 19.3 Å². The van der Waals surface area contributed by atoms with Gasteiger partial charge in [-0.05, 0) is 25.3 Å². The molecule has 3 N–H and O–H groups in total. The van der Waals surface area contributed by atoms with E-state index in [1.54, 1.807) is 19.0 Å². The largest absolute Gasteiger partial charge is 0.359 e. The van der Waals surface area contributed by atoms with E-state index in [1.165, 1.54) is 0 Å². The third-order valence-corrected chi connectivity index (χ3v) is 3.61. The Kier molecular flexibility index (Phi) is 5.41. The summed E-state index contributed by atoms with van der Waals surface area (Å²) in [7, 11) is 3.36. The molecule has 0 aromatic heterocycles. The summed E-state index contributed by atoms with van der Waals surface area (Å²) in [6.07, 6.45) is 3.43. The predicted octanol–water partition coefficient (Wildman–Crippen LogP) is -0.0441. The highest BCUT2D eigenvalue weighted by Gasteiger charge is 2.33. The molecule has 2 amide bonds. The standard InChI is InChI=1S/C12H23N3O2/c1-14-11(16)6-7-15(2)12(17)10-5-3-4-9(10)8-13/h9-10H,3-8,13H2,1-2H3,(H,14,16)/t9-,10-/m1/s1. The maximum Gasteiger partial charge on any atom is 0.225 e. The number of carbonyl (C=O) groups excluding carboxylic acids is 2. The molecule has 1 aliphatic rings. The third-order valence-electron chi connectivity index (χ3n) is 3.61. The quantitative estimate of drug-likeness (QED) is 0.709. The van der Waals surface area contributed by atoms with Crippen molar-refractivity contribution in [3.63, 3.8) is 0 Å². The summed E-state index contributed by atoms with van der Waals surface area (Å²) >= 11 is 0. The minimum atomic E-state index is -0.0357. The number of nitrogens with two attached hydrogens (primary N) is 1. The van der Waals surface area contributed by atoms with E-state index in [1.807, 2.05) is 0 Å². The number of carbonyl (C=O) groups is 2. The summed E-state index contributed by atoms with van der Waals surface area (Å²) in [5, 5.41) is 2.55. The van der Waals surface area contributed by atoms with Gasteiger partial charge >= 0.3 is 0 Å². The molecule has 0 saturated heterocycles. The lowest BCUT2D eigenvalue weighted by molar-refractivity contribution is -0.135. The van der Waals surface area contributed by atoms with Crippen LogP contribution in [0.25, 0.3) is 0 Å². The Bertz CT molecular complexity index is 281. The molecule has 5 nitrogen and oxygen atoms in total. The molecule has 1 saturated carbocycles. The van der Waals surface area contributed by atoms with Gasteiger partial charge in [0.1, 0.15) is 0 Å². The van der Waals surface area contributed by atoms with Gasteiger partial charge in [-0.2, -0.15) is 0 Å². The summed E-state index contributed by atoms with van der Waals surface area (Å²) in [6, 6.07) is 0. The highest BCUT2D eigenvalue weighted by Crippen LogP contribution is 2.32. The second-order valence-electron chi connectivity index (χ2n) is 4.72.